The quantitative estimate of drug-likeness (QED) is 0.694. The number of nitrogen functional groups attached to an aromatic ring is 1. The lowest BCUT2D eigenvalue weighted by molar-refractivity contribution is 0.102. The molecule has 0 saturated heterocycles. The third-order valence-corrected chi connectivity index (χ3v) is 2.29. The first kappa shape index (κ1) is 11.0. The molecule has 2 aromatic rings. The third-order valence-electron chi connectivity index (χ3n) is 2.29. The van der Waals surface area contributed by atoms with Gasteiger partial charge in [0, 0.05) is 6.20 Å². The van der Waals surface area contributed by atoms with E-state index >= 15 is 0 Å². The van der Waals surface area contributed by atoms with Crippen molar-refractivity contribution in [2.24, 2.45) is 0 Å². The summed E-state index contributed by atoms with van der Waals surface area (Å²) in [5.41, 5.74) is 7.08. The van der Waals surface area contributed by atoms with Crippen molar-refractivity contribution in [1.82, 2.24) is 10.2 Å². The highest BCUT2D eigenvalue weighted by molar-refractivity contribution is 6.08. The monoisotopic (exact) mass is 232 g/mol. The number of nitrogens with one attached hydrogen (secondary N) is 2. The molecule has 6 nitrogen and oxygen atoms in total. The van der Waals surface area contributed by atoms with Gasteiger partial charge in [0.05, 0.1) is 30.2 Å². The van der Waals surface area contributed by atoms with Crippen LogP contribution in [0.15, 0.2) is 30.6 Å². The number of nitrogens with zero attached hydrogens (tertiary/aromatic N) is 1. The maximum absolute atomic E-state index is 11.9. The summed E-state index contributed by atoms with van der Waals surface area (Å²) in [4.78, 5) is 11.9. The minimum absolute atomic E-state index is 0.303. The van der Waals surface area contributed by atoms with Crippen LogP contribution in [-0.4, -0.2) is 23.2 Å². The van der Waals surface area contributed by atoms with Gasteiger partial charge in [-0.25, -0.2) is 0 Å². The first-order valence-corrected chi connectivity index (χ1v) is 4.95. The molecule has 1 aromatic carbocycles. The Hall–Kier alpha value is -2.50. The Morgan fingerprint density at radius 1 is 1.53 bits per heavy atom. The summed E-state index contributed by atoms with van der Waals surface area (Å²) in [5.74, 6) is 0.174. The smallest absolute Gasteiger partial charge is 0.257 e. The number of carbonyl (C=O) groups excluding carboxylic acids is 1. The second-order valence-electron chi connectivity index (χ2n) is 3.36. The van der Waals surface area contributed by atoms with Crippen LogP contribution in [0, 0.1) is 0 Å². The second-order valence-corrected chi connectivity index (χ2v) is 3.36. The summed E-state index contributed by atoms with van der Waals surface area (Å²) in [6.07, 6.45) is 3.09. The number of amides is 1. The van der Waals surface area contributed by atoms with Gasteiger partial charge in [0.15, 0.2) is 0 Å². The molecule has 0 saturated carbocycles. The van der Waals surface area contributed by atoms with Gasteiger partial charge in [-0.2, -0.15) is 5.10 Å². The fourth-order valence-electron chi connectivity index (χ4n) is 1.44. The Kier molecular flexibility index (Phi) is 2.95. The number of H-pyrrole nitrogens is 1. The highest BCUT2D eigenvalue weighted by Gasteiger charge is 2.13. The Balaban J connectivity index is 2.25. The largest absolute Gasteiger partial charge is 0.495 e. The van der Waals surface area contributed by atoms with Crippen LogP contribution in [0.4, 0.5) is 11.4 Å². The molecular formula is C11H12N4O2. The van der Waals surface area contributed by atoms with E-state index in [1.54, 1.807) is 24.4 Å². The van der Waals surface area contributed by atoms with Gasteiger partial charge in [-0.3, -0.25) is 9.89 Å². The maximum Gasteiger partial charge on any atom is 0.257 e. The lowest BCUT2D eigenvalue weighted by Crippen LogP contribution is -2.14. The predicted octanol–water partition coefficient (Wildman–Crippen LogP) is 1.25. The van der Waals surface area contributed by atoms with Crippen molar-refractivity contribution < 1.29 is 9.53 Å². The summed E-state index contributed by atoms with van der Waals surface area (Å²) in [6, 6.07) is 5.04. The molecular weight excluding hydrogens is 220 g/mol. The van der Waals surface area contributed by atoms with Gasteiger partial charge in [-0.1, -0.05) is 6.07 Å². The summed E-state index contributed by atoms with van der Waals surface area (Å²) in [7, 11) is 1.50. The van der Waals surface area contributed by atoms with Gasteiger partial charge in [0.25, 0.3) is 5.91 Å². The number of nitrogens with two attached hydrogens (primary N) is 1. The molecule has 4 N–H and O–H groups in total. The number of hydrogen-bond acceptors (Lipinski definition) is 4. The fourth-order valence-corrected chi connectivity index (χ4v) is 1.44. The molecule has 17 heavy (non-hydrogen) atoms. The van der Waals surface area contributed by atoms with Crippen LogP contribution in [0.2, 0.25) is 0 Å². The highest BCUT2D eigenvalue weighted by atomic mass is 16.5. The molecule has 0 radical (unpaired) electrons. The van der Waals surface area contributed by atoms with E-state index in [0.717, 1.165) is 0 Å². The molecule has 1 aromatic heterocycles. The SMILES string of the molecule is COc1cccc(C(=O)Nc2cn[nH]c2)c1N. The average Bonchev–Trinajstić information content (AvgIpc) is 2.82. The Morgan fingerprint density at radius 3 is 3.00 bits per heavy atom. The average molecular weight is 232 g/mol. The Labute approximate surface area is 97.8 Å². The van der Waals surface area contributed by atoms with Gasteiger partial charge in [-0.05, 0) is 12.1 Å². The van der Waals surface area contributed by atoms with Gasteiger partial charge in [-0.15, -0.1) is 0 Å². The van der Waals surface area contributed by atoms with Crippen molar-refractivity contribution in [1.29, 1.82) is 0 Å². The van der Waals surface area contributed by atoms with Crippen LogP contribution in [0.25, 0.3) is 0 Å². The Bertz CT molecular complexity index is 522. The van der Waals surface area contributed by atoms with E-state index in [9.17, 15) is 4.79 Å². The molecule has 0 spiro atoms. The second kappa shape index (κ2) is 4.56. The Morgan fingerprint density at radius 2 is 2.35 bits per heavy atom. The first-order chi connectivity index (χ1) is 8.22. The number of para-hydroxylation sites is 1. The number of ether oxygens (including phenoxy) is 1. The number of aromatic nitrogens is 2. The predicted molar refractivity (Wildman–Crippen MR) is 63.9 cm³/mol. The summed E-state index contributed by atoms with van der Waals surface area (Å²) < 4.78 is 5.05. The summed E-state index contributed by atoms with van der Waals surface area (Å²) >= 11 is 0. The lowest BCUT2D eigenvalue weighted by atomic mass is 10.1. The molecule has 0 fully saturated rings. The van der Waals surface area contributed by atoms with E-state index < -0.39 is 0 Å². The van der Waals surface area contributed by atoms with Gasteiger partial charge < -0.3 is 15.8 Å². The van der Waals surface area contributed by atoms with Crippen LogP contribution in [0.5, 0.6) is 5.75 Å². The summed E-state index contributed by atoms with van der Waals surface area (Å²) in [5, 5.41) is 8.99. The summed E-state index contributed by atoms with van der Waals surface area (Å²) in [6.45, 7) is 0. The molecule has 2 rings (SSSR count). The van der Waals surface area contributed by atoms with Crippen LogP contribution in [0.1, 0.15) is 10.4 Å². The minimum Gasteiger partial charge on any atom is -0.495 e. The zero-order valence-corrected chi connectivity index (χ0v) is 9.23. The van der Waals surface area contributed by atoms with Crippen LogP contribution in [-0.2, 0) is 0 Å². The molecule has 0 aliphatic carbocycles. The highest BCUT2D eigenvalue weighted by Crippen LogP contribution is 2.25. The topological polar surface area (TPSA) is 93.0 Å². The molecule has 1 heterocycles. The van der Waals surface area contributed by atoms with Gasteiger partial charge >= 0.3 is 0 Å². The minimum atomic E-state index is -0.303. The molecule has 1 amide bonds. The molecule has 0 aliphatic rings. The number of rotatable bonds is 3. The molecule has 88 valence electrons. The van der Waals surface area contributed by atoms with E-state index in [4.69, 9.17) is 10.5 Å². The van der Waals surface area contributed by atoms with Crippen molar-refractivity contribution in [3.63, 3.8) is 0 Å². The number of hydrogen-bond donors (Lipinski definition) is 3. The molecule has 6 heteroatoms. The van der Waals surface area contributed by atoms with E-state index in [1.807, 2.05) is 0 Å². The molecule has 0 unspecified atom stereocenters. The van der Waals surface area contributed by atoms with E-state index in [-0.39, 0.29) is 5.91 Å². The third kappa shape index (κ3) is 2.20. The normalized spacial score (nSPS) is 9.94. The lowest BCUT2D eigenvalue weighted by Gasteiger charge is -2.09. The van der Waals surface area contributed by atoms with E-state index in [2.05, 4.69) is 15.5 Å². The zero-order valence-electron chi connectivity index (χ0n) is 9.23. The standard InChI is InChI=1S/C11H12N4O2/c1-17-9-4-2-3-8(10(9)12)11(16)15-7-5-13-14-6-7/h2-6H,12H2,1H3,(H,13,14)(H,15,16). The number of carbonyl (C=O) groups is 1. The van der Waals surface area contributed by atoms with E-state index in [1.165, 1.54) is 13.3 Å². The zero-order chi connectivity index (χ0) is 12.3. The fraction of sp³-hybridized carbons (Fsp3) is 0.0909. The molecule has 0 bridgehead atoms. The number of benzene rings is 1. The van der Waals surface area contributed by atoms with Crippen molar-refractivity contribution in [2.75, 3.05) is 18.2 Å². The van der Waals surface area contributed by atoms with Crippen molar-refractivity contribution in [3.05, 3.63) is 36.2 Å². The van der Waals surface area contributed by atoms with Gasteiger partial charge in [0.2, 0.25) is 0 Å². The van der Waals surface area contributed by atoms with Crippen LogP contribution >= 0.6 is 0 Å². The van der Waals surface area contributed by atoms with E-state index in [0.29, 0.717) is 22.7 Å². The van der Waals surface area contributed by atoms with Crippen molar-refractivity contribution in [3.8, 4) is 5.75 Å². The maximum atomic E-state index is 11.9. The first-order valence-electron chi connectivity index (χ1n) is 4.95. The number of anilines is 2. The molecule has 0 atom stereocenters. The van der Waals surface area contributed by atoms with Crippen molar-refractivity contribution >= 4 is 17.3 Å². The number of aromatic amines is 1. The number of methoxy groups -OCH3 is 1. The van der Waals surface area contributed by atoms with Crippen LogP contribution < -0.4 is 15.8 Å². The molecule has 0 aliphatic heterocycles. The van der Waals surface area contributed by atoms with Crippen LogP contribution in [0.3, 0.4) is 0 Å². The van der Waals surface area contributed by atoms with Gasteiger partial charge in [0.1, 0.15) is 5.75 Å². The van der Waals surface area contributed by atoms with Crippen molar-refractivity contribution in [2.45, 2.75) is 0 Å².